The minimum absolute atomic E-state index is 0.515. The van der Waals surface area contributed by atoms with Gasteiger partial charge in [0.1, 0.15) is 5.75 Å². The summed E-state index contributed by atoms with van der Waals surface area (Å²) in [4.78, 5) is 8.67. The van der Waals surface area contributed by atoms with Crippen LogP contribution in [0.2, 0.25) is 5.02 Å². The molecule has 0 bridgehead atoms. The molecule has 4 nitrogen and oxygen atoms in total. The predicted octanol–water partition coefficient (Wildman–Crippen LogP) is 4.36. The second kappa shape index (κ2) is 6.57. The number of rotatable bonds is 5. The minimum Gasteiger partial charge on any atom is -0.439 e. The molecule has 0 atom stereocenters. The van der Waals surface area contributed by atoms with E-state index in [-0.39, 0.29) is 0 Å². The molecular weight excluding hydrogens is 274 g/mol. The van der Waals surface area contributed by atoms with Crippen molar-refractivity contribution in [1.82, 2.24) is 9.97 Å². The Morgan fingerprint density at radius 1 is 1.20 bits per heavy atom. The molecule has 0 saturated carbocycles. The molecular formula is C15H18ClN3O. The Bertz CT molecular complexity index is 602. The van der Waals surface area contributed by atoms with Crippen LogP contribution in [0.1, 0.15) is 24.6 Å². The number of ether oxygens (including phenoxy) is 1. The van der Waals surface area contributed by atoms with Gasteiger partial charge < -0.3 is 10.1 Å². The highest BCUT2D eigenvalue weighted by atomic mass is 35.5. The monoisotopic (exact) mass is 291 g/mol. The van der Waals surface area contributed by atoms with Crippen molar-refractivity contribution >= 4 is 17.5 Å². The zero-order valence-electron chi connectivity index (χ0n) is 11.9. The van der Waals surface area contributed by atoms with E-state index in [0.717, 1.165) is 24.2 Å². The number of halogens is 1. The average Bonchev–Trinajstić information content (AvgIpc) is 2.40. The third-order valence-electron chi connectivity index (χ3n) is 2.73. The van der Waals surface area contributed by atoms with E-state index in [0.29, 0.717) is 22.6 Å². The Kier molecular flexibility index (Phi) is 4.79. The van der Waals surface area contributed by atoms with Crippen molar-refractivity contribution in [2.45, 2.75) is 27.2 Å². The van der Waals surface area contributed by atoms with Crippen molar-refractivity contribution < 1.29 is 4.74 Å². The van der Waals surface area contributed by atoms with Gasteiger partial charge in [0.2, 0.25) is 11.8 Å². The lowest BCUT2D eigenvalue weighted by molar-refractivity contribution is 0.458. The summed E-state index contributed by atoms with van der Waals surface area (Å²) in [6.07, 6.45) is 1.01. The van der Waals surface area contributed by atoms with Crippen LogP contribution in [0.5, 0.6) is 11.6 Å². The molecule has 0 aliphatic rings. The van der Waals surface area contributed by atoms with Gasteiger partial charge in [-0.05, 0) is 38.0 Å². The molecule has 2 aromatic rings. The maximum Gasteiger partial charge on any atom is 0.226 e. The number of aryl methyl sites for hydroxylation is 2. The Labute approximate surface area is 124 Å². The summed E-state index contributed by atoms with van der Waals surface area (Å²) in [6.45, 7) is 6.81. The van der Waals surface area contributed by atoms with Crippen LogP contribution < -0.4 is 10.1 Å². The fourth-order valence-electron chi connectivity index (χ4n) is 1.70. The van der Waals surface area contributed by atoms with Gasteiger partial charge in [-0.2, -0.15) is 4.98 Å². The van der Waals surface area contributed by atoms with Crippen molar-refractivity contribution in [2.24, 2.45) is 0 Å². The predicted molar refractivity (Wildman–Crippen MR) is 81.8 cm³/mol. The van der Waals surface area contributed by atoms with Gasteiger partial charge in [0.05, 0.1) is 0 Å². The molecule has 0 aliphatic carbocycles. The first-order valence-corrected chi connectivity index (χ1v) is 7.00. The smallest absolute Gasteiger partial charge is 0.226 e. The van der Waals surface area contributed by atoms with Crippen molar-refractivity contribution in [3.8, 4) is 11.6 Å². The van der Waals surface area contributed by atoms with Gasteiger partial charge in [0.25, 0.3) is 0 Å². The van der Waals surface area contributed by atoms with E-state index in [9.17, 15) is 0 Å². The van der Waals surface area contributed by atoms with Crippen LogP contribution in [0.15, 0.2) is 24.3 Å². The molecule has 1 N–H and O–H groups in total. The fourth-order valence-corrected chi connectivity index (χ4v) is 1.87. The first-order valence-electron chi connectivity index (χ1n) is 6.62. The summed E-state index contributed by atoms with van der Waals surface area (Å²) in [5, 5.41) is 3.80. The second-order valence-electron chi connectivity index (χ2n) is 4.61. The first-order chi connectivity index (χ1) is 9.58. The molecule has 1 aromatic heterocycles. The SMILES string of the molecule is CCCNc1nc(C)cc(Oc2cc(Cl)ccc2C)n1. The van der Waals surface area contributed by atoms with Gasteiger partial charge in [-0.1, -0.05) is 24.6 Å². The first kappa shape index (κ1) is 14.6. The van der Waals surface area contributed by atoms with Crippen LogP contribution in [-0.2, 0) is 0 Å². The van der Waals surface area contributed by atoms with Crippen LogP contribution in [0.3, 0.4) is 0 Å². The van der Waals surface area contributed by atoms with Crippen LogP contribution in [0, 0.1) is 13.8 Å². The van der Waals surface area contributed by atoms with E-state index in [1.165, 1.54) is 0 Å². The normalized spacial score (nSPS) is 10.4. The number of nitrogens with one attached hydrogen (secondary N) is 1. The number of hydrogen-bond donors (Lipinski definition) is 1. The Balaban J connectivity index is 2.24. The molecule has 5 heteroatoms. The molecule has 2 rings (SSSR count). The topological polar surface area (TPSA) is 47.0 Å². The summed E-state index contributed by atoms with van der Waals surface area (Å²) < 4.78 is 5.82. The molecule has 106 valence electrons. The molecule has 20 heavy (non-hydrogen) atoms. The third-order valence-corrected chi connectivity index (χ3v) is 2.96. The molecule has 0 fully saturated rings. The molecule has 0 unspecified atom stereocenters. The quantitative estimate of drug-likeness (QED) is 0.889. The summed E-state index contributed by atoms with van der Waals surface area (Å²) in [5.74, 6) is 1.81. The molecule has 0 radical (unpaired) electrons. The van der Waals surface area contributed by atoms with Crippen molar-refractivity contribution in [3.63, 3.8) is 0 Å². The Hall–Kier alpha value is -1.81. The van der Waals surface area contributed by atoms with Crippen LogP contribution >= 0.6 is 11.6 Å². The maximum absolute atomic E-state index is 5.99. The van der Waals surface area contributed by atoms with E-state index in [1.807, 2.05) is 26.0 Å². The summed E-state index contributed by atoms with van der Waals surface area (Å²) in [5.41, 5.74) is 1.86. The summed E-state index contributed by atoms with van der Waals surface area (Å²) in [6, 6.07) is 7.34. The van der Waals surface area contributed by atoms with E-state index in [4.69, 9.17) is 16.3 Å². The lowest BCUT2D eigenvalue weighted by Crippen LogP contribution is -2.05. The standard InChI is InChI=1S/C15H18ClN3O/c1-4-7-17-15-18-11(3)8-14(19-15)20-13-9-12(16)6-5-10(13)2/h5-6,8-9H,4,7H2,1-3H3,(H,17,18,19). The van der Waals surface area contributed by atoms with Crippen LogP contribution in [0.4, 0.5) is 5.95 Å². The summed E-state index contributed by atoms with van der Waals surface area (Å²) in [7, 11) is 0. The van der Waals surface area contributed by atoms with E-state index < -0.39 is 0 Å². The van der Waals surface area contributed by atoms with Gasteiger partial charge in [-0.25, -0.2) is 4.98 Å². The molecule has 0 amide bonds. The maximum atomic E-state index is 5.99. The minimum atomic E-state index is 0.515. The van der Waals surface area contributed by atoms with E-state index >= 15 is 0 Å². The average molecular weight is 292 g/mol. The summed E-state index contributed by atoms with van der Waals surface area (Å²) >= 11 is 5.99. The highest BCUT2D eigenvalue weighted by Crippen LogP contribution is 2.27. The zero-order valence-corrected chi connectivity index (χ0v) is 12.7. The van der Waals surface area contributed by atoms with E-state index in [1.54, 1.807) is 12.1 Å². The molecule has 1 heterocycles. The number of hydrogen-bond acceptors (Lipinski definition) is 4. The highest BCUT2D eigenvalue weighted by Gasteiger charge is 2.07. The van der Waals surface area contributed by atoms with Crippen molar-refractivity contribution in [1.29, 1.82) is 0 Å². The van der Waals surface area contributed by atoms with Gasteiger partial charge in [-0.15, -0.1) is 0 Å². The lowest BCUT2D eigenvalue weighted by Gasteiger charge is -2.10. The second-order valence-corrected chi connectivity index (χ2v) is 5.05. The Morgan fingerprint density at radius 3 is 2.75 bits per heavy atom. The third kappa shape index (κ3) is 3.84. The van der Waals surface area contributed by atoms with E-state index in [2.05, 4.69) is 22.2 Å². The zero-order chi connectivity index (χ0) is 14.5. The molecule has 1 aromatic carbocycles. The van der Waals surface area contributed by atoms with Gasteiger partial charge in [0.15, 0.2) is 0 Å². The molecule has 0 aliphatic heterocycles. The van der Waals surface area contributed by atoms with Crippen LogP contribution in [0.25, 0.3) is 0 Å². The van der Waals surface area contributed by atoms with Crippen LogP contribution in [-0.4, -0.2) is 16.5 Å². The molecule has 0 saturated heterocycles. The highest BCUT2D eigenvalue weighted by molar-refractivity contribution is 6.30. The largest absolute Gasteiger partial charge is 0.439 e. The van der Waals surface area contributed by atoms with Gasteiger partial charge in [-0.3, -0.25) is 0 Å². The van der Waals surface area contributed by atoms with Crippen molar-refractivity contribution in [2.75, 3.05) is 11.9 Å². The number of aromatic nitrogens is 2. The fraction of sp³-hybridized carbons (Fsp3) is 0.333. The number of anilines is 1. The number of nitrogens with zero attached hydrogens (tertiary/aromatic N) is 2. The lowest BCUT2D eigenvalue weighted by atomic mass is 10.2. The van der Waals surface area contributed by atoms with Gasteiger partial charge in [0, 0.05) is 23.3 Å². The Morgan fingerprint density at radius 2 is 2.00 bits per heavy atom. The number of benzene rings is 1. The van der Waals surface area contributed by atoms with Gasteiger partial charge >= 0.3 is 0 Å². The van der Waals surface area contributed by atoms with Crippen molar-refractivity contribution in [3.05, 3.63) is 40.5 Å². The molecule has 0 spiro atoms.